The first kappa shape index (κ1) is 15.0. The van der Waals surface area contributed by atoms with Gasteiger partial charge in [-0.1, -0.05) is 26.8 Å². The van der Waals surface area contributed by atoms with E-state index >= 15 is 0 Å². The van der Waals surface area contributed by atoms with Crippen LogP contribution in [0.5, 0.6) is 0 Å². The molecule has 1 rings (SSSR count). The highest BCUT2D eigenvalue weighted by molar-refractivity contribution is 7.09. The van der Waals surface area contributed by atoms with Crippen LogP contribution in [0.4, 0.5) is 0 Å². The molecule has 0 bridgehead atoms. The summed E-state index contributed by atoms with van der Waals surface area (Å²) in [6, 6.07) is 4.26. The number of hydrogen-bond donors (Lipinski definition) is 2. The highest BCUT2D eigenvalue weighted by Gasteiger charge is 2.09. The van der Waals surface area contributed by atoms with E-state index in [0.29, 0.717) is 5.41 Å². The number of nitrogens with zero attached hydrogens (tertiary/aromatic N) is 1. The van der Waals surface area contributed by atoms with Crippen molar-refractivity contribution >= 4 is 17.3 Å². The first-order valence-corrected chi connectivity index (χ1v) is 7.36. The van der Waals surface area contributed by atoms with Gasteiger partial charge in [0.2, 0.25) is 0 Å². The van der Waals surface area contributed by atoms with Crippen molar-refractivity contribution in [2.75, 3.05) is 20.1 Å². The molecule has 1 heterocycles. The summed E-state index contributed by atoms with van der Waals surface area (Å²) in [7, 11) is 1.82. The van der Waals surface area contributed by atoms with Crippen LogP contribution in [0, 0.1) is 5.41 Å². The second-order valence-corrected chi connectivity index (χ2v) is 6.60. The molecule has 0 saturated carbocycles. The molecule has 2 N–H and O–H groups in total. The molecule has 0 unspecified atom stereocenters. The largest absolute Gasteiger partial charge is 0.356 e. The van der Waals surface area contributed by atoms with Gasteiger partial charge in [-0.15, -0.1) is 11.3 Å². The maximum absolute atomic E-state index is 4.22. The summed E-state index contributed by atoms with van der Waals surface area (Å²) in [5.41, 5.74) is 0.364. The Kier molecular flexibility index (Phi) is 6.19. The van der Waals surface area contributed by atoms with Crippen LogP contribution in [0.1, 0.15) is 32.1 Å². The molecule has 0 aromatic carbocycles. The molecule has 1 aromatic rings. The number of thiophene rings is 1. The maximum Gasteiger partial charge on any atom is 0.190 e. The molecule has 0 atom stereocenters. The smallest absolute Gasteiger partial charge is 0.190 e. The fraction of sp³-hybridized carbons (Fsp3) is 0.643. The molecule has 0 spiro atoms. The van der Waals surface area contributed by atoms with Crippen LogP contribution in [0.15, 0.2) is 22.5 Å². The van der Waals surface area contributed by atoms with E-state index < -0.39 is 0 Å². The molecular formula is C14H25N3S. The molecule has 0 amide bonds. The maximum atomic E-state index is 4.22. The van der Waals surface area contributed by atoms with E-state index in [2.05, 4.69) is 53.9 Å². The predicted molar refractivity (Wildman–Crippen MR) is 81.5 cm³/mol. The lowest BCUT2D eigenvalue weighted by molar-refractivity contribution is 0.377. The van der Waals surface area contributed by atoms with Crippen LogP contribution in [-0.2, 0) is 6.42 Å². The topological polar surface area (TPSA) is 36.4 Å². The highest BCUT2D eigenvalue weighted by atomic mass is 32.1. The lowest BCUT2D eigenvalue weighted by Gasteiger charge is -2.19. The lowest BCUT2D eigenvalue weighted by Crippen LogP contribution is -2.39. The van der Waals surface area contributed by atoms with E-state index in [0.717, 1.165) is 31.9 Å². The lowest BCUT2D eigenvalue weighted by atomic mass is 9.92. The van der Waals surface area contributed by atoms with E-state index in [9.17, 15) is 0 Å². The van der Waals surface area contributed by atoms with Gasteiger partial charge >= 0.3 is 0 Å². The predicted octanol–water partition coefficient (Wildman–Crippen LogP) is 2.89. The average molecular weight is 267 g/mol. The number of guanidine groups is 1. The Hall–Kier alpha value is -1.03. The first-order chi connectivity index (χ1) is 8.51. The Balaban J connectivity index is 2.18. The fourth-order valence-corrected chi connectivity index (χ4v) is 2.24. The Bertz CT molecular complexity index is 350. The van der Waals surface area contributed by atoms with Crippen LogP contribution in [0.2, 0.25) is 0 Å². The second kappa shape index (κ2) is 7.41. The molecule has 18 heavy (non-hydrogen) atoms. The summed E-state index contributed by atoms with van der Waals surface area (Å²) in [5, 5.41) is 8.80. The van der Waals surface area contributed by atoms with Crippen LogP contribution in [-0.4, -0.2) is 26.1 Å². The number of rotatable bonds is 5. The molecule has 102 valence electrons. The summed E-state index contributed by atoms with van der Waals surface area (Å²) >= 11 is 1.80. The fourth-order valence-electron chi connectivity index (χ4n) is 1.54. The Morgan fingerprint density at radius 3 is 2.56 bits per heavy atom. The Morgan fingerprint density at radius 2 is 2.00 bits per heavy atom. The van der Waals surface area contributed by atoms with Gasteiger partial charge in [-0.3, -0.25) is 4.99 Å². The van der Waals surface area contributed by atoms with Gasteiger partial charge in [-0.25, -0.2) is 0 Å². The quantitative estimate of drug-likeness (QED) is 0.636. The van der Waals surface area contributed by atoms with Gasteiger partial charge < -0.3 is 10.6 Å². The minimum atomic E-state index is 0.364. The summed E-state index contributed by atoms with van der Waals surface area (Å²) in [4.78, 5) is 5.63. The molecule has 0 aliphatic heterocycles. The summed E-state index contributed by atoms with van der Waals surface area (Å²) < 4.78 is 0. The third-order valence-electron chi connectivity index (χ3n) is 2.63. The zero-order valence-corrected chi connectivity index (χ0v) is 12.7. The molecule has 0 radical (unpaired) electrons. The van der Waals surface area contributed by atoms with Gasteiger partial charge in [0.25, 0.3) is 0 Å². The van der Waals surface area contributed by atoms with Crippen LogP contribution < -0.4 is 10.6 Å². The molecule has 0 aliphatic rings. The standard InChI is InChI=1S/C14H25N3S/c1-14(2,3)8-10-17-13(15-4)16-9-7-12-6-5-11-18-12/h5-6,11H,7-10H2,1-4H3,(H2,15,16,17). The van der Waals surface area contributed by atoms with E-state index in [4.69, 9.17) is 0 Å². The van der Waals surface area contributed by atoms with Crippen molar-refractivity contribution in [3.05, 3.63) is 22.4 Å². The van der Waals surface area contributed by atoms with Gasteiger partial charge in [0.1, 0.15) is 0 Å². The summed E-state index contributed by atoms with van der Waals surface area (Å²) in [5.74, 6) is 0.899. The minimum absolute atomic E-state index is 0.364. The first-order valence-electron chi connectivity index (χ1n) is 6.48. The number of aliphatic imine (C=N–C) groups is 1. The Morgan fingerprint density at radius 1 is 1.28 bits per heavy atom. The monoisotopic (exact) mass is 267 g/mol. The van der Waals surface area contributed by atoms with Crippen molar-refractivity contribution in [3.8, 4) is 0 Å². The minimum Gasteiger partial charge on any atom is -0.356 e. The van der Waals surface area contributed by atoms with E-state index in [1.807, 2.05) is 7.05 Å². The van der Waals surface area contributed by atoms with Crippen molar-refractivity contribution in [3.63, 3.8) is 0 Å². The average Bonchev–Trinajstić information content (AvgIpc) is 2.78. The highest BCUT2D eigenvalue weighted by Crippen LogP contribution is 2.16. The van der Waals surface area contributed by atoms with Crippen LogP contribution in [0.3, 0.4) is 0 Å². The normalized spacial score (nSPS) is 12.6. The zero-order valence-electron chi connectivity index (χ0n) is 11.9. The summed E-state index contributed by atoms with van der Waals surface area (Å²) in [6.07, 6.45) is 2.19. The van der Waals surface area contributed by atoms with Gasteiger partial charge in [-0.2, -0.15) is 0 Å². The van der Waals surface area contributed by atoms with E-state index in [1.165, 1.54) is 4.88 Å². The van der Waals surface area contributed by atoms with Crippen LogP contribution >= 0.6 is 11.3 Å². The van der Waals surface area contributed by atoms with Crippen molar-refractivity contribution in [1.29, 1.82) is 0 Å². The summed E-state index contributed by atoms with van der Waals surface area (Å²) in [6.45, 7) is 8.64. The van der Waals surface area contributed by atoms with Crippen molar-refractivity contribution in [2.45, 2.75) is 33.6 Å². The van der Waals surface area contributed by atoms with Crippen molar-refractivity contribution < 1.29 is 0 Å². The molecule has 3 nitrogen and oxygen atoms in total. The van der Waals surface area contributed by atoms with E-state index in [1.54, 1.807) is 11.3 Å². The zero-order chi connectivity index (χ0) is 13.4. The molecular weight excluding hydrogens is 242 g/mol. The van der Waals surface area contributed by atoms with Crippen molar-refractivity contribution in [1.82, 2.24) is 10.6 Å². The number of hydrogen-bond acceptors (Lipinski definition) is 2. The van der Waals surface area contributed by atoms with Crippen LogP contribution in [0.25, 0.3) is 0 Å². The van der Waals surface area contributed by atoms with Gasteiger partial charge in [-0.05, 0) is 29.7 Å². The van der Waals surface area contributed by atoms with Gasteiger partial charge in [0.15, 0.2) is 5.96 Å². The van der Waals surface area contributed by atoms with Gasteiger partial charge in [0.05, 0.1) is 0 Å². The molecule has 4 heteroatoms. The second-order valence-electron chi connectivity index (χ2n) is 5.57. The third-order valence-corrected chi connectivity index (χ3v) is 3.57. The van der Waals surface area contributed by atoms with Crippen molar-refractivity contribution in [2.24, 2.45) is 10.4 Å². The molecule has 0 fully saturated rings. The van der Waals surface area contributed by atoms with E-state index in [-0.39, 0.29) is 0 Å². The molecule has 0 aliphatic carbocycles. The SMILES string of the molecule is CN=C(NCCc1cccs1)NCCC(C)(C)C. The molecule has 1 aromatic heterocycles. The van der Waals surface area contributed by atoms with Gasteiger partial charge in [0, 0.05) is 25.0 Å². The number of nitrogens with one attached hydrogen (secondary N) is 2. The molecule has 0 saturated heterocycles. The third kappa shape index (κ3) is 6.64. The Labute approximate surface area is 115 Å².